The maximum atomic E-state index is 13.3. The minimum absolute atomic E-state index is 0.0451. The highest BCUT2D eigenvalue weighted by Crippen LogP contribution is 2.42. The van der Waals surface area contributed by atoms with Gasteiger partial charge in [-0.05, 0) is 43.4 Å². The van der Waals surface area contributed by atoms with Gasteiger partial charge in [0, 0.05) is 17.5 Å². The molecular formula is C26H29NO2. The standard InChI is InChI=1S/C26H29NO2/c1-3-10-25(29-18-20-11-6-4-7-12-20)23-17-22-15-16-24(23)27(19(22)2)26(28)21-13-8-5-9-14-21/h3-9,11-16,19,22-25H,1,10,17-18H2,2H3/t19-,22-,23+,24+,25?/m1/s1. The van der Waals surface area contributed by atoms with Crippen LogP contribution in [0.15, 0.2) is 85.5 Å². The van der Waals surface area contributed by atoms with Crippen LogP contribution in [0.25, 0.3) is 0 Å². The lowest BCUT2D eigenvalue weighted by molar-refractivity contribution is -0.0558. The molecule has 3 nitrogen and oxygen atoms in total. The van der Waals surface area contributed by atoms with Gasteiger partial charge in [-0.3, -0.25) is 4.79 Å². The lowest BCUT2D eigenvalue weighted by Crippen LogP contribution is -2.60. The Labute approximate surface area is 173 Å². The highest BCUT2D eigenvalue weighted by molar-refractivity contribution is 5.95. The van der Waals surface area contributed by atoms with Gasteiger partial charge in [0.25, 0.3) is 5.91 Å². The van der Waals surface area contributed by atoms with Crippen molar-refractivity contribution in [1.29, 1.82) is 0 Å². The second-order valence-electron chi connectivity index (χ2n) is 8.12. The summed E-state index contributed by atoms with van der Waals surface area (Å²) in [5.41, 5.74) is 1.92. The molecule has 2 heterocycles. The summed E-state index contributed by atoms with van der Waals surface area (Å²) in [6.45, 7) is 6.71. The largest absolute Gasteiger partial charge is 0.373 e. The zero-order valence-electron chi connectivity index (χ0n) is 17.0. The Balaban J connectivity index is 1.55. The fraction of sp³-hybridized carbons (Fsp3) is 0.346. The maximum Gasteiger partial charge on any atom is 0.254 e. The third kappa shape index (κ3) is 4.06. The molecule has 1 aliphatic carbocycles. The average molecular weight is 388 g/mol. The molecular weight excluding hydrogens is 358 g/mol. The number of hydrogen-bond acceptors (Lipinski definition) is 2. The summed E-state index contributed by atoms with van der Waals surface area (Å²) in [5, 5.41) is 0. The first kappa shape index (κ1) is 19.7. The van der Waals surface area contributed by atoms with E-state index in [0.717, 1.165) is 18.4 Å². The molecule has 2 bridgehead atoms. The third-order valence-electron chi connectivity index (χ3n) is 6.36. The molecule has 1 fully saturated rings. The summed E-state index contributed by atoms with van der Waals surface area (Å²) in [6.07, 6.45) is 8.34. The van der Waals surface area contributed by atoms with E-state index in [9.17, 15) is 4.79 Å². The Kier molecular flexibility index (Phi) is 5.96. The van der Waals surface area contributed by atoms with Gasteiger partial charge in [-0.2, -0.15) is 0 Å². The Morgan fingerprint density at radius 3 is 2.52 bits per heavy atom. The van der Waals surface area contributed by atoms with E-state index < -0.39 is 0 Å². The molecule has 0 aromatic heterocycles. The Hall–Kier alpha value is -2.65. The molecule has 1 saturated heterocycles. The first-order chi connectivity index (χ1) is 14.2. The summed E-state index contributed by atoms with van der Waals surface area (Å²) in [4.78, 5) is 15.4. The van der Waals surface area contributed by atoms with Crippen LogP contribution in [0.1, 0.15) is 35.7 Å². The van der Waals surface area contributed by atoms with Gasteiger partial charge >= 0.3 is 0 Å². The molecule has 3 aliphatic rings. The van der Waals surface area contributed by atoms with Gasteiger partial charge in [-0.25, -0.2) is 0 Å². The number of carbonyl (C=O) groups excluding carboxylic acids is 1. The highest BCUT2D eigenvalue weighted by Gasteiger charge is 2.47. The summed E-state index contributed by atoms with van der Waals surface area (Å²) in [5.74, 6) is 0.753. The van der Waals surface area contributed by atoms with Gasteiger partial charge < -0.3 is 9.64 Å². The van der Waals surface area contributed by atoms with E-state index in [4.69, 9.17) is 4.74 Å². The summed E-state index contributed by atoms with van der Waals surface area (Å²) in [6, 6.07) is 20.1. The van der Waals surface area contributed by atoms with Gasteiger partial charge in [-0.1, -0.05) is 66.8 Å². The monoisotopic (exact) mass is 387 g/mol. The van der Waals surface area contributed by atoms with Crippen molar-refractivity contribution in [2.45, 2.75) is 44.6 Å². The van der Waals surface area contributed by atoms with Crippen LogP contribution in [0, 0.1) is 11.8 Å². The second kappa shape index (κ2) is 8.79. The van der Waals surface area contributed by atoms with Crippen LogP contribution in [0.2, 0.25) is 0 Å². The molecule has 2 aliphatic heterocycles. The molecule has 0 spiro atoms. The van der Waals surface area contributed by atoms with Crippen LogP contribution < -0.4 is 0 Å². The molecule has 5 atom stereocenters. The topological polar surface area (TPSA) is 29.5 Å². The molecule has 150 valence electrons. The molecule has 0 N–H and O–H groups in total. The van der Waals surface area contributed by atoms with E-state index >= 15 is 0 Å². The molecule has 1 amide bonds. The Morgan fingerprint density at radius 2 is 1.83 bits per heavy atom. The number of amides is 1. The van der Waals surface area contributed by atoms with Gasteiger partial charge in [0.05, 0.1) is 18.8 Å². The molecule has 0 saturated carbocycles. The first-order valence-electron chi connectivity index (χ1n) is 10.5. The molecule has 2 aromatic carbocycles. The van der Waals surface area contributed by atoms with Crippen LogP contribution in [0.4, 0.5) is 0 Å². The fourth-order valence-electron chi connectivity index (χ4n) is 4.80. The number of ether oxygens (including phenoxy) is 1. The quantitative estimate of drug-likeness (QED) is 0.607. The van der Waals surface area contributed by atoms with Gasteiger partial charge in [0.2, 0.25) is 0 Å². The number of carbonyl (C=O) groups is 1. The van der Waals surface area contributed by atoms with Crippen molar-refractivity contribution in [2.75, 3.05) is 0 Å². The van der Waals surface area contributed by atoms with Crippen LogP contribution >= 0.6 is 0 Å². The molecule has 5 rings (SSSR count). The number of rotatable bonds is 7. The molecule has 29 heavy (non-hydrogen) atoms. The van der Waals surface area contributed by atoms with E-state index in [2.05, 4.69) is 42.7 Å². The minimum Gasteiger partial charge on any atom is -0.373 e. The summed E-state index contributed by atoms with van der Waals surface area (Å²) >= 11 is 0. The minimum atomic E-state index is 0.0451. The number of piperidine rings is 1. The van der Waals surface area contributed by atoms with Gasteiger partial charge in [-0.15, -0.1) is 6.58 Å². The lowest BCUT2D eigenvalue weighted by Gasteiger charge is -2.52. The number of nitrogens with zero attached hydrogens (tertiary/aromatic N) is 1. The smallest absolute Gasteiger partial charge is 0.254 e. The van der Waals surface area contributed by atoms with E-state index in [-0.39, 0.29) is 30.0 Å². The number of fused-ring (bicyclic) bond motifs is 2. The van der Waals surface area contributed by atoms with Crippen LogP contribution in [0.3, 0.4) is 0 Å². The summed E-state index contributed by atoms with van der Waals surface area (Å²) in [7, 11) is 0. The highest BCUT2D eigenvalue weighted by atomic mass is 16.5. The molecule has 1 unspecified atom stereocenters. The zero-order chi connectivity index (χ0) is 20.2. The average Bonchev–Trinajstić information content (AvgIpc) is 2.78. The molecule has 0 radical (unpaired) electrons. The lowest BCUT2D eigenvalue weighted by atomic mass is 9.70. The number of benzene rings is 2. The predicted molar refractivity (Wildman–Crippen MR) is 116 cm³/mol. The zero-order valence-corrected chi connectivity index (χ0v) is 17.0. The van der Waals surface area contributed by atoms with Crippen molar-refractivity contribution in [3.63, 3.8) is 0 Å². The Morgan fingerprint density at radius 1 is 1.14 bits per heavy atom. The van der Waals surface area contributed by atoms with Crippen molar-refractivity contribution in [2.24, 2.45) is 11.8 Å². The molecule has 3 heteroatoms. The van der Waals surface area contributed by atoms with Crippen molar-refractivity contribution in [3.05, 3.63) is 96.6 Å². The molecule has 2 aromatic rings. The van der Waals surface area contributed by atoms with E-state index in [0.29, 0.717) is 12.5 Å². The van der Waals surface area contributed by atoms with Crippen molar-refractivity contribution in [1.82, 2.24) is 4.90 Å². The van der Waals surface area contributed by atoms with Gasteiger partial charge in [0.15, 0.2) is 0 Å². The maximum absolute atomic E-state index is 13.3. The summed E-state index contributed by atoms with van der Waals surface area (Å²) < 4.78 is 6.39. The van der Waals surface area contributed by atoms with E-state index in [1.807, 2.05) is 54.6 Å². The Bertz CT molecular complexity index is 861. The van der Waals surface area contributed by atoms with Gasteiger partial charge in [0.1, 0.15) is 0 Å². The second-order valence-corrected chi connectivity index (χ2v) is 8.12. The fourth-order valence-corrected chi connectivity index (χ4v) is 4.80. The van der Waals surface area contributed by atoms with Crippen LogP contribution in [-0.2, 0) is 11.3 Å². The number of hydrogen-bond donors (Lipinski definition) is 0. The normalized spacial score (nSPS) is 26.3. The van der Waals surface area contributed by atoms with E-state index in [1.165, 1.54) is 5.56 Å². The van der Waals surface area contributed by atoms with E-state index in [1.54, 1.807) is 0 Å². The first-order valence-corrected chi connectivity index (χ1v) is 10.5. The third-order valence-corrected chi connectivity index (χ3v) is 6.36. The SMILES string of the molecule is C=CCC(OCc1ccccc1)[C@H]1C[C@H]2C=C[C@@H]1N(C(=O)c1ccccc1)[C@@H]2C. The van der Waals surface area contributed by atoms with Crippen LogP contribution in [0.5, 0.6) is 0 Å². The van der Waals surface area contributed by atoms with Crippen molar-refractivity contribution < 1.29 is 9.53 Å². The van der Waals surface area contributed by atoms with Crippen molar-refractivity contribution in [3.8, 4) is 0 Å². The van der Waals surface area contributed by atoms with Crippen molar-refractivity contribution >= 4 is 5.91 Å². The predicted octanol–water partition coefficient (Wildman–Crippen LogP) is 5.25. The van der Waals surface area contributed by atoms with Crippen LogP contribution in [-0.4, -0.2) is 29.0 Å².